The van der Waals surface area contributed by atoms with Crippen LogP contribution < -0.4 is 0 Å². The van der Waals surface area contributed by atoms with E-state index in [4.69, 9.17) is 5.26 Å². The number of aromatic nitrogens is 1. The third kappa shape index (κ3) is 2.13. The lowest BCUT2D eigenvalue weighted by Gasteiger charge is -1.97. The number of alkyl halides is 1. The van der Waals surface area contributed by atoms with E-state index < -0.39 is 0 Å². The molecule has 0 aliphatic rings. The molecule has 1 atom stereocenters. The number of carbonyl (C=O) groups is 1. The average molecular weight is 245 g/mol. The highest BCUT2D eigenvalue weighted by molar-refractivity contribution is 9.09. The van der Waals surface area contributed by atoms with E-state index in [1.165, 1.54) is 11.3 Å². The number of aldehydes is 1. The zero-order valence-corrected chi connectivity index (χ0v) is 8.43. The molecule has 1 rings (SSSR count). The molecule has 0 radical (unpaired) electrons. The number of hydrogen-bond acceptors (Lipinski definition) is 4. The summed E-state index contributed by atoms with van der Waals surface area (Å²) in [5.41, 5.74) is 0.428. The molecule has 5 heteroatoms. The Kier molecular flexibility index (Phi) is 3.38. The van der Waals surface area contributed by atoms with Gasteiger partial charge in [0.15, 0.2) is 6.29 Å². The highest BCUT2D eigenvalue weighted by Gasteiger charge is 2.10. The third-order valence-corrected chi connectivity index (χ3v) is 3.24. The Morgan fingerprint density at radius 3 is 3.17 bits per heavy atom. The summed E-state index contributed by atoms with van der Waals surface area (Å²) in [5, 5.41) is 10.8. The largest absolute Gasteiger partial charge is 0.296 e. The van der Waals surface area contributed by atoms with E-state index in [0.29, 0.717) is 18.4 Å². The molecule has 0 fully saturated rings. The molecule has 0 saturated carbocycles. The molecule has 0 aromatic carbocycles. The summed E-state index contributed by atoms with van der Waals surface area (Å²) in [7, 11) is 0. The van der Waals surface area contributed by atoms with E-state index in [1.54, 1.807) is 5.38 Å². The Bertz CT molecular complexity index is 317. The lowest BCUT2D eigenvalue weighted by atomic mass is 10.3. The van der Waals surface area contributed by atoms with Crippen LogP contribution in [-0.2, 0) is 0 Å². The molecule has 0 N–H and O–H groups in total. The molecular formula is C7H5BrN2OS. The van der Waals surface area contributed by atoms with Crippen LogP contribution >= 0.6 is 27.3 Å². The molecule has 12 heavy (non-hydrogen) atoms. The Balaban J connectivity index is 2.75. The lowest BCUT2D eigenvalue weighted by molar-refractivity contribution is 0.111. The van der Waals surface area contributed by atoms with Gasteiger partial charge in [0.25, 0.3) is 0 Å². The van der Waals surface area contributed by atoms with Crippen LogP contribution in [0.5, 0.6) is 0 Å². The van der Waals surface area contributed by atoms with Gasteiger partial charge in [-0.15, -0.1) is 11.3 Å². The average Bonchev–Trinajstić information content (AvgIpc) is 2.52. The lowest BCUT2D eigenvalue weighted by Crippen LogP contribution is -1.88. The van der Waals surface area contributed by atoms with Gasteiger partial charge < -0.3 is 0 Å². The maximum atomic E-state index is 10.3. The van der Waals surface area contributed by atoms with Crippen LogP contribution in [0.4, 0.5) is 0 Å². The Morgan fingerprint density at radius 1 is 1.92 bits per heavy atom. The maximum Gasteiger partial charge on any atom is 0.169 e. The third-order valence-electron chi connectivity index (χ3n) is 1.20. The fourth-order valence-corrected chi connectivity index (χ4v) is 1.98. The van der Waals surface area contributed by atoms with Crippen LogP contribution in [0.2, 0.25) is 0 Å². The molecule has 1 aromatic rings. The summed E-state index contributed by atoms with van der Waals surface area (Å²) in [5.74, 6) is 0. The van der Waals surface area contributed by atoms with Gasteiger partial charge in [0.1, 0.15) is 10.7 Å². The van der Waals surface area contributed by atoms with Crippen molar-refractivity contribution in [3.63, 3.8) is 0 Å². The second kappa shape index (κ2) is 4.33. The Hall–Kier alpha value is -0.730. The van der Waals surface area contributed by atoms with Crippen LogP contribution in [0.15, 0.2) is 5.38 Å². The van der Waals surface area contributed by atoms with E-state index in [0.717, 1.165) is 5.01 Å². The van der Waals surface area contributed by atoms with Crippen molar-refractivity contribution in [1.29, 1.82) is 5.26 Å². The monoisotopic (exact) mass is 244 g/mol. The predicted octanol–water partition coefficient (Wildman–Crippen LogP) is 2.31. The summed E-state index contributed by atoms with van der Waals surface area (Å²) in [6.45, 7) is 0. The SMILES string of the molecule is N#CCC(Br)c1nc(C=O)cs1. The molecule has 0 aliphatic carbocycles. The zero-order valence-electron chi connectivity index (χ0n) is 6.03. The molecule has 3 nitrogen and oxygen atoms in total. The van der Waals surface area contributed by atoms with Crippen molar-refractivity contribution in [1.82, 2.24) is 4.98 Å². The van der Waals surface area contributed by atoms with E-state index in [-0.39, 0.29) is 4.83 Å². The van der Waals surface area contributed by atoms with Gasteiger partial charge in [-0.25, -0.2) is 4.98 Å². The van der Waals surface area contributed by atoms with Crippen molar-refractivity contribution >= 4 is 33.6 Å². The molecule has 1 unspecified atom stereocenters. The number of nitriles is 1. The minimum Gasteiger partial charge on any atom is -0.296 e. The summed E-state index contributed by atoms with van der Waals surface area (Å²) in [4.78, 5) is 14.2. The van der Waals surface area contributed by atoms with Crippen LogP contribution in [0.3, 0.4) is 0 Å². The van der Waals surface area contributed by atoms with Crippen molar-refractivity contribution in [2.45, 2.75) is 11.2 Å². The van der Waals surface area contributed by atoms with Gasteiger partial charge in [0.2, 0.25) is 0 Å². The molecule has 62 valence electrons. The fraction of sp³-hybridized carbons (Fsp3) is 0.286. The summed E-state index contributed by atoms with van der Waals surface area (Å²) < 4.78 is 0. The first-order chi connectivity index (χ1) is 5.77. The fourth-order valence-electron chi connectivity index (χ4n) is 0.666. The highest BCUT2D eigenvalue weighted by Crippen LogP contribution is 2.28. The molecule has 0 bridgehead atoms. The molecule has 1 heterocycles. The minimum atomic E-state index is -0.0544. The topological polar surface area (TPSA) is 53.8 Å². The number of carbonyl (C=O) groups excluding carboxylic acids is 1. The van der Waals surface area contributed by atoms with Gasteiger partial charge in [0, 0.05) is 5.38 Å². The molecule has 0 aliphatic heterocycles. The van der Waals surface area contributed by atoms with Crippen LogP contribution in [0, 0.1) is 11.3 Å². The van der Waals surface area contributed by atoms with Crippen LogP contribution in [-0.4, -0.2) is 11.3 Å². The number of thiazole rings is 1. The number of hydrogen-bond donors (Lipinski definition) is 0. The molecule has 0 spiro atoms. The zero-order chi connectivity index (χ0) is 8.97. The quantitative estimate of drug-likeness (QED) is 0.606. The van der Waals surface area contributed by atoms with E-state index in [2.05, 4.69) is 20.9 Å². The smallest absolute Gasteiger partial charge is 0.169 e. The van der Waals surface area contributed by atoms with Crippen molar-refractivity contribution in [3.8, 4) is 6.07 Å². The van der Waals surface area contributed by atoms with E-state index in [9.17, 15) is 4.79 Å². The predicted molar refractivity (Wildman–Crippen MR) is 49.4 cm³/mol. The Morgan fingerprint density at radius 2 is 2.67 bits per heavy atom. The van der Waals surface area contributed by atoms with Crippen molar-refractivity contribution < 1.29 is 4.79 Å². The van der Waals surface area contributed by atoms with Crippen LogP contribution in [0.1, 0.15) is 26.7 Å². The number of rotatable bonds is 3. The first-order valence-electron chi connectivity index (χ1n) is 3.19. The second-order valence-corrected chi connectivity index (χ2v) is 4.05. The number of nitrogens with zero attached hydrogens (tertiary/aromatic N) is 2. The first kappa shape index (κ1) is 9.36. The van der Waals surface area contributed by atoms with E-state index in [1.807, 2.05) is 6.07 Å². The molecule has 0 amide bonds. The normalized spacial score (nSPS) is 12.0. The summed E-state index contributed by atoms with van der Waals surface area (Å²) in [6.07, 6.45) is 1.07. The van der Waals surface area contributed by atoms with Crippen molar-refractivity contribution in [3.05, 3.63) is 16.1 Å². The minimum absolute atomic E-state index is 0.0544. The van der Waals surface area contributed by atoms with Gasteiger partial charge >= 0.3 is 0 Å². The Labute approximate surface area is 82.2 Å². The van der Waals surface area contributed by atoms with Gasteiger partial charge in [0.05, 0.1) is 17.3 Å². The van der Waals surface area contributed by atoms with E-state index >= 15 is 0 Å². The van der Waals surface area contributed by atoms with Gasteiger partial charge in [-0.2, -0.15) is 5.26 Å². The second-order valence-electron chi connectivity index (χ2n) is 2.06. The van der Waals surface area contributed by atoms with Gasteiger partial charge in [-0.1, -0.05) is 15.9 Å². The number of halogens is 1. The van der Waals surface area contributed by atoms with Gasteiger partial charge in [-0.3, -0.25) is 4.79 Å². The molecular weight excluding hydrogens is 240 g/mol. The standard InChI is InChI=1S/C7H5BrN2OS/c8-6(1-2-9)7-10-5(3-11)4-12-7/h3-4,6H,1H2. The summed E-state index contributed by atoms with van der Waals surface area (Å²) in [6, 6.07) is 2.02. The van der Waals surface area contributed by atoms with Crippen molar-refractivity contribution in [2.75, 3.05) is 0 Å². The maximum absolute atomic E-state index is 10.3. The molecule has 0 saturated heterocycles. The van der Waals surface area contributed by atoms with Gasteiger partial charge in [-0.05, 0) is 0 Å². The summed E-state index contributed by atoms with van der Waals surface area (Å²) >= 11 is 4.68. The highest BCUT2D eigenvalue weighted by atomic mass is 79.9. The molecule has 1 aromatic heterocycles. The van der Waals surface area contributed by atoms with Crippen LogP contribution in [0.25, 0.3) is 0 Å². The van der Waals surface area contributed by atoms with Crippen molar-refractivity contribution in [2.24, 2.45) is 0 Å². The first-order valence-corrected chi connectivity index (χ1v) is 4.99.